The van der Waals surface area contributed by atoms with E-state index in [1.165, 1.54) is 50.5 Å². The lowest BCUT2D eigenvalue weighted by atomic mass is 9.88. The zero-order chi connectivity index (χ0) is 16.3. The molecule has 1 heteroatoms. The Morgan fingerprint density at radius 2 is 1.48 bits per heavy atom. The Bertz CT molecular complexity index is 547. The highest BCUT2D eigenvalue weighted by Gasteiger charge is 2.15. The normalized spacial score (nSPS) is 12.1. The second-order valence-corrected chi connectivity index (χ2v) is 6.29. The van der Waals surface area contributed by atoms with Gasteiger partial charge in [-0.1, -0.05) is 82.3 Å². The summed E-state index contributed by atoms with van der Waals surface area (Å²) in [6.07, 6.45) is 9.03. The second-order valence-electron chi connectivity index (χ2n) is 6.29. The van der Waals surface area contributed by atoms with Gasteiger partial charge in [-0.3, -0.25) is 0 Å². The SMILES string of the molecule is CCCCCCC(CCC)c1ccccc1Oc1ccccc1. The molecule has 0 saturated heterocycles. The van der Waals surface area contributed by atoms with E-state index in [-0.39, 0.29) is 0 Å². The van der Waals surface area contributed by atoms with Crippen LogP contribution in [0.4, 0.5) is 0 Å². The number of rotatable bonds is 10. The van der Waals surface area contributed by atoms with Gasteiger partial charge in [-0.2, -0.15) is 0 Å². The van der Waals surface area contributed by atoms with Crippen LogP contribution in [0, 0.1) is 0 Å². The topological polar surface area (TPSA) is 9.23 Å². The minimum absolute atomic E-state index is 0.608. The van der Waals surface area contributed by atoms with Crippen molar-refractivity contribution in [3.05, 3.63) is 60.2 Å². The molecule has 1 atom stereocenters. The summed E-state index contributed by atoms with van der Waals surface area (Å²) in [7, 11) is 0. The molecule has 0 bridgehead atoms. The Balaban J connectivity index is 2.11. The first-order valence-electron chi connectivity index (χ1n) is 9.17. The van der Waals surface area contributed by atoms with E-state index in [0.29, 0.717) is 5.92 Å². The summed E-state index contributed by atoms with van der Waals surface area (Å²) in [5, 5.41) is 0. The van der Waals surface area contributed by atoms with Crippen LogP contribution in [0.15, 0.2) is 54.6 Å². The lowest BCUT2D eigenvalue weighted by molar-refractivity contribution is 0.453. The molecule has 2 aromatic rings. The van der Waals surface area contributed by atoms with Gasteiger partial charge in [0.05, 0.1) is 0 Å². The molecule has 0 radical (unpaired) electrons. The molecule has 23 heavy (non-hydrogen) atoms. The second kappa shape index (κ2) is 10.1. The molecule has 0 heterocycles. The van der Waals surface area contributed by atoms with E-state index in [4.69, 9.17) is 4.74 Å². The number of para-hydroxylation sites is 2. The summed E-state index contributed by atoms with van der Waals surface area (Å²) in [5.74, 6) is 2.55. The zero-order valence-electron chi connectivity index (χ0n) is 14.6. The molecule has 0 aliphatic rings. The maximum Gasteiger partial charge on any atom is 0.130 e. The summed E-state index contributed by atoms with van der Waals surface area (Å²) in [6, 6.07) is 18.7. The lowest BCUT2D eigenvalue weighted by Crippen LogP contribution is -2.01. The number of hydrogen-bond donors (Lipinski definition) is 0. The van der Waals surface area contributed by atoms with Crippen molar-refractivity contribution in [3.63, 3.8) is 0 Å². The number of hydrogen-bond acceptors (Lipinski definition) is 1. The fourth-order valence-corrected chi connectivity index (χ4v) is 3.15. The molecule has 1 unspecified atom stereocenters. The van der Waals surface area contributed by atoms with E-state index in [9.17, 15) is 0 Å². The van der Waals surface area contributed by atoms with Gasteiger partial charge in [-0.15, -0.1) is 0 Å². The Morgan fingerprint density at radius 3 is 2.22 bits per heavy atom. The van der Waals surface area contributed by atoms with Crippen LogP contribution in [0.5, 0.6) is 11.5 Å². The molecule has 0 aliphatic carbocycles. The van der Waals surface area contributed by atoms with Crippen LogP contribution in [0.1, 0.15) is 70.3 Å². The molecule has 2 aromatic carbocycles. The molecule has 124 valence electrons. The molecule has 0 spiro atoms. The summed E-state index contributed by atoms with van der Waals surface area (Å²) < 4.78 is 6.16. The van der Waals surface area contributed by atoms with E-state index >= 15 is 0 Å². The van der Waals surface area contributed by atoms with E-state index in [2.05, 4.69) is 38.1 Å². The molecule has 0 N–H and O–H groups in total. The van der Waals surface area contributed by atoms with Crippen LogP contribution in [-0.2, 0) is 0 Å². The van der Waals surface area contributed by atoms with Gasteiger partial charge in [0.1, 0.15) is 11.5 Å². The van der Waals surface area contributed by atoms with Gasteiger partial charge in [0.15, 0.2) is 0 Å². The molecule has 0 aromatic heterocycles. The third-order valence-corrected chi connectivity index (χ3v) is 4.37. The van der Waals surface area contributed by atoms with Crippen molar-refractivity contribution in [1.82, 2.24) is 0 Å². The fourth-order valence-electron chi connectivity index (χ4n) is 3.15. The molecule has 0 aliphatic heterocycles. The lowest BCUT2D eigenvalue weighted by Gasteiger charge is -2.20. The van der Waals surface area contributed by atoms with E-state index in [1.807, 2.05) is 30.3 Å². The highest BCUT2D eigenvalue weighted by molar-refractivity contribution is 5.40. The van der Waals surface area contributed by atoms with Crippen molar-refractivity contribution in [2.75, 3.05) is 0 Å². The minimum Gasteiger partial charge on any atom is -0.457 e. The van der Waals surface area contributed by atoms with Gasteiger partial charge in [-0.05, 0) is 42.5 Å². The summed E-state index contributed by atoms with van der Waals surface area (Å²) in [6.45, 7) is 4.55. The fraction of sp³-hybridized carbons (Fsp3) is 0.455. The van der Waals surface area contributed by atoms with Gasteiger partial charge in [0.25, 0.3) is 0 Å². The van der Waals surface area contributed by atoms with Crippen LogP contribution in [0.3, 0.4) is 0 Å². The predicted molar refractivity (Wildman–Crippen MR) is 99.4 cm³/mol. The average Bonchev–Trinajstić information content (AvgIpc) is 2.59. The first-order chi connectivity index (χ1) is 11.3. The first kappa shape index (κ1) is 17.6. The monoisotopic (exact) mass is 310 g/mol. The Hall–Kier alpha value is -1.76. The Morgan fingerprint density at radius 1 is 0.739 bits per heavy atom. The summed E-state index contributed by atoms with van der Waals surface area (Å²) >= 11 is 0. The summed E-state index contributed by atoms with van der Waals surface area (Å²) in [5.41, 5.74) is 1.37. The number of ether oxygens (including phenoxy) is 1. The van der Waals surface area contributed by atoms with Gasteiger partial charge in [0.2, 0.25) is 0 Å². The zero-order valence-corrected chi connectivity index (χ0v) is 14.6. The highest BCUT2D eigenvalue weighted by Crippen LogP contribution is 2.36. The number of benzene rings is 2. The highest BCUT2D eigenvalue weighted by atomic mass is 16.5. The molecule has 0 fully saturated rings. The maximum absolute atomic E-state index is 6.16. The average molecular weight is 310 g/mol. The van der Waals surface area contributed by atoms with Gasteiger partial charge in [0, 0.05) is 0 Å². The van der Waals surface area contributed by atoms with Crippen molar-refractivity contribution >= 4 is 0 Å². The van der Waals surface area contributed by atoms with Crippen LogP contribution >= 0.6 is 0 Å². The predicted octanol–water partition coefficient (Wildman–Crippen LogP) is 7.33. The van der Waals surface area contributed by atoms with Crippen molar-refractivity contribution < 1.29 is 4.74 Å². The summed E-state index contributed by atoms with van der Waals surface area (Å²) in [4.78, 5) is 0. The maximum atomic E-state index is 6.16. The van der Waals surface area contributed by atoms with E-state index in [0.717, 1.165) is 11.5 Å². The number of unbranched alkanes of at least 4 members (excludes halogenated alkanes) is 3. The Labute approximate surface area is 141 Å². The van der Waals surface area contributed by atoms with Crippen LogP contribution < -0.4 is 4.74 Å². The quantitative estimate of drug-likeness (QED) is 0.417. The van der Waals surface area contributed by atoms with Crippen molar-refractivity contribution in [1.29, 1.82) is 0 Å². The Kier molecular flexibility index (Phi) is 7.72. The largest absolute Gasteiger partial charge is 0.457 e. The molecule has 0 amide bonds. The van der Waals surface area contributed by atoms with Crippen LogP contribution in [-0.4, -0.2) is 0 Å². The molecular weight excluding hydrogens is 280 g/mol. The smallest absolute Gasteiger partial charge is 0.130 e. The third kappa shape index (κ3) is 5.74. The van der Waals surface area contributed by atoms with Gasteiger partial charge in [-0.25, -0.2) is 0 Å². The first-order valence-corrected chi connectivity index (χ1v) is 9.17. The van der Waals surface area contributed by atoms with Gasteiger partial charge >= 0.3 is 0 Å². The van der Waals surface area contributed by atoms with Crippen LogP contribution in [0.2, 0.25) is 0 Å². The molecule has 2 rings (SSSR count). The third-order valence-electron chi connectivity index (χ3n) is 4.37. The van der Waals surface area contributed by atoms with Crippen molar-refractivity contribution in [2.24, 2.45) is 0 Å². The van der Waals surface area contributed by atoms with Gasteiger partial charge < -0.3 is 4.74 Å². The molecule has 0 saturated carbocycles. The minimum atomic E-state index is 0.608. The van der Waals surface area contributed by atoms with Crippen LogP contribution in [0.25, 0.3) is 0 Å². The van der Waals surface area contributed by atoms with E-state index < -0.39 is 0 Å². The van der Waals surface area contributed by atoms with Crippen molar-refractivity contribution in [2.45, 2.75) is 64.7 Å². The molecular formula is C22H30O. The molecule has 1 nitrogen and oxygen atoms in total. The van der Waals surface area contributed by atoms with Crippen molar-refractivity contribution in [3.8, 4) is 11.5 Å². The van der Waals surface area contributed by atoms with E-state index in [1.54, 1.807) is 0 Å². The standard InChI is InChI=1S/C22H30O/c1-3-5-6-8-14-19(13-4-2)21-17-11-12-18-22(21)23-20-15-9-7-10-16-20/h7,9-12,15-19H,3-6,8,13-14H2,1-2H3.